The van der Waals surface area contributed by atoms with Crippen LogP contribution in [0.4, 0.5) is 5.95 Å². The monoisotopic (exact) mass is 357 g/mol. The van der Waals surface area contributed by atoms with Crippen LogP contribution in [0.1, 0.15) is 19.8 Å². The van der Waals surface area contributed by atoms with Crippen LogP contribution in [0.15, 0.2) is 30.6 Å². The fourth-order valence-electron chi connectivity index (χ4n) is 3.31. The molecule has 4 heterocycles. The molecule has 3 aromatic rings. The Labute approximate surface area is 151 Å². The predicted molar refractivity (Wildman–Crippen MR) is 98.4 cm³/mol. The molecule has 25 heavy (non-hydrogen) atoms. The van der Waals surface area contributed by atoms with Crippen molar-refractivity contribution < 1.29 is 4.74 Å². The number of anilines is 1. The van der Waals surface area contributed by atoms with Gasteiger partial charge in [0.25, 0.3) is 0 Å². The molecule has 7 heteroatoms. The van der Waals surface area contributed by atoms with Gasteiger partial charge in [-0.15, -0.1) is 0 Å². The van der Waals surface area contributed by atoms with E-state index in [1.54, 1.807) is 13.3 Å². The first-order valence-electron chi connectivity index (χ1n) is 8.45. The van der Waals surface area contributed by atoms with Crippen molar-refractivity contribution >= 4 is 23.2 Å². The number of imidazole rings is 1. The first kappa shape index (κ1) is 16.1. The summed E-state index contributed by atoms with van der Waals surface area (Å²) in [6.45, 7) is 4.20. The second kappa shape index (κ2) is 6.52. The summed E-state index contributed by atoms with van der Waals surface area (Å²) >= 11 is 6.15. The predicted octanol–water partition coefficient (Wildman–Crippen LogP) is 3.69. The second-order valence-corrected chi connectivity index (χ2v) is 6.94. The summed E-state index contributed by atoms with van der Waals surface area (Å²) in [7, 11) is 1.63. The molecule has 3 aromatic heterocycles. The van der Waals surface area contributed by atoms with Crippen LogP contribution in [0.2, 0.25) is 5.02 Å². The topological polar surface area (TPSA) is 55.6 Å². The van der Waals surface area contributed by atoms with Crippen molar-refractivity contribution in [2.75, 3.05) is 25.1 Å². The van der Waals surface area contributed by atoms with Crippen molar-refractivity contribution in [3.8, 4) is 17.3 Å². The zero-order valence-corrected chi connectivity index (χ0v) is 15.1. The number of nitrogens with zero attached hydrogens (tertiary/aromatic N) is 5. The molecule has 0 saturated carbocycles. The minimum absolute atomic E-state index is 0.551. The van der Waals surface area contributed by atoms with Gasteiger partial charge in [-0.2, -0.15) is 4.98 Å². The average molecular weight is 358 g/mol. The summed E-state index contributed by atoms with van der Waals surface area (Å²) in [6, 6.07) is 5.55. The maximum atomic E-state index is 6.15. The van der Waals surface area contributed by atoms with Crippen molar-refractivity contribution in [2.24, 2.45) is 5.92 Å². The van der Waals surface area contributed by atoms with E-state index in [2.05, 4.69) is 21.8 Å². The number of rotatable bonds is 3. The molecule has 6 nitrogen and oxygen atoms in total. The largest absolute Gasteiger partial charge is 0.481 e. The number of halogens is 1. The number of fused-ring (bicyclic) bond motifs is 1. The second-order valence-electron chi connectivity index (χ2n) is 6.51. The van der Waals surface area contributed by atoms with E-state index in [1.165, 1.54) is 6.42 Å². The standard InChI is InChI=1S/C18H20ClN5O/c1-12-4-3-7-23(10-12)18-21-14(8-17(22-18)25-2)15-9-20-16-6-5-13(19)11-24(15)16/h5-6,8-9,11-12H,3-4,7,10H2,1-2H3. The number of aromatic nitrogens is 4. The highest BCUT2D eigenvalue weighted by atomic mass is 35.5. The summed E-state index contributed by atoms with van der Waals surface area (Å²) < 4.78 is 7.35. The molecule has 1 unspecified atom stereocenters. The highest BCUT2D eigenvalue weighted by Crippen LogP contribution is 2.27. The Morgan fingerprint density at radius 1 is 1.28 bits per heavy atom. The molecule has 0 N–H and O–H groups in total. The third-order valence-corrected chi connectivity index (χ3v) is 4.80. The lowest BCUT2D eigenvalue weighted by atomic mass is 10.0. The summed E-state index contributed by atoms with van der Waals surface area (Å²) in [5.74, 6) is 1.90. The Bertz CT molecular complexity index is 910. The van der Waals surface area contributed by atoms with E-state index in [-0.39, 0.29) is 0 Å². The molecule has 1 aliphatic heterocycles. The molecule has 1 fully saturated rings. The first-order valence-corrected chi connectivity index (χ1v) is 8.83. The molecule has 130 valence electrons. The highest BCUT2D eigenvalue weighted by Gasteiger charge is 2.21. The average Bonchev–Trinajstić information content (AvgIpc) is 3.04. The van der Waals surface area contributed by atoms with E-state index in [0.29, 0.717) is 22.8 Å². The van der Waals surface area contributed by atoms with Crippen molar-refractivity contribution in [1.29, 1.82) is 0 Å². The van der Waals surface area contributed by atoms with E-state index in [0.717, 1.165) is 36.5 Å². The third kappa shape index (κ3) is 3.14. The van der Waals surface area contributed by atoms with Crippen LogP contribution in [-0.2, 0) is 0 Å². The molecule has 0 spiro atoms. The van der Waals surface area contributed by atoms with Crippen molar-refractivity contribution in [2.45, 2.75) is 19.8 Å². The molecular formula is C18H20ClN5O. The van der Waals surface area contributed by atoms with E-state index in [9.17, 15) is 0 Å². The van der Waals surface area contributed by atoms with Crippen LogP contribution in [0.3, 0.4) is 0 Å². The van der Waals surface area contributed by atoms with Crippen molar-refractivity contribution in [3.05, 3.63) is 35.6 Å². The van der Waals surface area contributed by atoms with Gasteiger partial charge in [0.2, 0.25) is 11.8 Å². The van der Waals surface area contributed by atoms with E-state index in [4.69, 9.17) is 21.3 Å². The SMILES string of the molecule is COc1cc(-c2cnc3ccc(Cl)cn23)nc(N2CCCC(C)C2)n1. The first-order chi connectivity index (χ1) is 12.1. The lowest BCUT2D eigenvalue weighted by Gasteiger charge is -2.31. The minimum atomic E-state index is 0.551. The molecule has 0 bridgehead atoms. The fourth-order valence-corrected chi connectivity index (χ4v) is 3.47. The Morgan fingerprint density at radius 2 is 2.16 bits per heavy atom. The van der Waals surface area contributed by atoms with E-state index >= 15 is 0 Å². The molecule has 0 amide bonds. The van der Waals surface area contributed by atoms with Gasteiger partial charge in [-0.3, -0.25) is 4.40 Å². The van der Waals surface area contributed by atoms with E-state index in [1.807, 2.05) is 28.8 Å². The number of ether oxygens (including phenoxy) is 1. The van der Waals surface area contributed by atoms with Crippen LogP contribution in [0, 0.1) is 5.92 Å². The molecule has 4 rings (SSSR count). The van der Waals surface area contributed by atoms with Gasteiger partial charge in [-0.05, 0) is 30.9 Å². The van der Waals surface area contributed by atoms with Gasteiger partial charge in [-0.1, -0.05) is 18.5 Å². The third-order valence-electron chi connectivity index (χ3n) is 4.57. The summed E-state index contributed by atoms with van der Waals surface area (Å²) in [5.41, 5.74) is 2.46. The zero-order valence-electron chi connectivity index (χ0n) is 14.3. The number of hydrogen-bond acceptors (Lipinski definition) is 5. The van der Waals surface area contributed by atoms with Gasteiger partial charge >= 0.3 is 0 Å². The van der Waals surface area contributed by atoms with Gasteiger partial charge in [0.15, 0.2) is 0 Å². The Hall–Kier alpha value is -2.34. The van der Waals surface area contributed by atoms with Crippen molar-refractivity contribution in [1.82, 2.24) is 19.4 Å². The molecule has 0 aromatic carbocycles. The van der Waals surface area contributed by atoms with E-state index < -0.39 is 0 Å². The van der Waals surface area contributed by atoms with Gasteiger partial charge in [0, 0.05) is 25.4 Å². The Balaban J connectivity index is 1.80. The van der Waals surface area contributed by atoms with Crippen LogP contribution >= 0.6 is 11.6 Å². The Morgan fingerprint density at radius 3 is 2.96 bits per heavy atom. The number of methoxy groups -OCH3 is 1. The zero-order chi connectivity index (χ0) is 17.4. The lowest BCUT2D eigenvalue weighted by Crippen LogP contribution is -2.35. The van der Waals surface area contributed by atoms with Gasteiger partial charge in [0.1, 0.15) is 5.65 Å². The summed E-state index contributed by atoms with van der Waals surface area (Å²) in [6.07, 6.45) is 6.05. The van der Waals surface area contributed by atoms with Gasteiger partial charge in [0.05, 0.1) is 29.7 Å². The minimum Gasteiger partial charge on any atom is -0.481 e. The highest BCUT2D eigenvalue weighted by molar-refractivity contribution is 6.30. The van der Waals surface area contributed by atoms with Crippen LogP contribution < -0.4 is 9.64 Å². The quantitative estimate of drug-likeness (QED) is 0.715. The molecule has 1 saturated heterocycles. The van der Waals surface area contributed by atoms with Crippen molar-refractivity contribution in [3.63, 3.8) is 0 Å². The molecule has 0 aliphatic carbocycles. The molecule has 0 radical (unpaired) electrons. The molecule has 1 atom stereocenters. The maximum Gasteiger partial charge on any atom is 0.229 e. The summed E-state index contributed by atoms with van der Waals surface area (Å²) in [5, 5.41) is 0.651. The van der Waals surface area contributed by atoms with Crippen LogP contribution in [-0.4, -0.2) is 39.6 Å². The van der Waals surface area contributed by atoms with Gasteiger partial charge in [-0.25, -0.2) is 9.97 Å². The number of pyridine rings is 1. The number of piperidine rings is 1. The summed E-state index contributed by atoms with van der Waals surface area (Å²) in [4.78, 5) is 16.0. The van der Waals surface area contributed by atoms with Crippen LogP contribution in [0.5, 0.6) is 5.88 Å². The smallest absolute Gasteiger partial charge is 0.229 e. The number of hydrogen-bond donors (Lipinski definition) is 0. The molecular weight excluding hydrogens is 338 g/mol. The maximum absolute atomic E-state index is 6.15. The normalized spacial score (nSPS) is 17.9. The van der Waals surface area contributed by atoms with Crippen LogP contribution in [0.25, 0.3) is 17.0 Å². The fraction of sp³-hybridized carbons (Fsp3) is 0.389. The van der Waals surface area contributed by atoms with Gasteiger partial charge < -0.3 is 9.64 Å². The lowest BCUT2D eigenvalue weighted by molar-refractivity contribution is 0.394. The Kier molecular flexibility index (Phi) is 4.21. The molecule has 1 aliphatic rings.